The Hall–Kier alpha value is -1.94. The van der Waals surface area contributed by atoms with Crippen molar-refractivity contribution >= 4 is 39.5 Å². The van der Waals surface area contributed by atoms with E-state index in [0.717, 1.165) is 89.9 Å². The molecule has 105 heavy (non-hydrogen) atoms. The van der Waals surface area contributed by atoms with E-state index in [9.17, 15) is 43.2 Å². The van der Waals surface area contributed by atoms with Gasteiger partial charge in [-0.25, -0.2) is 9.13 Å². The summed E-state index contributed by atoms with van der Waals surface area (Å²) in [4.78, 5) is 73.2. The number of carbonyl (C=O) groups is 4. The summed E-state index contributed by atoms with van der Waals surface area (Å²) in [5, 5.41) is 10.7. The van der Waals surface area contributed by atoms with E-state index in [1.165, 1.54) is 302 Å². The van der Waals surface area contributed by atoms with Gasteiger partial charge in [-0.2, -0.15) is 0 Å². The lowest BCUT2D eigenvalue weighted by Crippen LogP contribution is -2.30. The molecule has 0 aromatic carbocycles. The Morgan fingerprint density at radius 2 is 0.381 bits per heavy atom. The average Bonchev–Trinajstić information content (AvgIpc) is 0.927. The zero-order valence-corrected chi connectivity index (χ0v) is 70.5. The van der Waals surface area contributed by atoms with Gasteiger partial charge < -0.3 is 33.8 Å². The van der Waals surface area contributed by atoms with Gasteiger partial charge in [0.2, 0.25) is 0 Å². The molecule has 0 saturated carbocycles. The molecule has 0 rings (SSSR count). The molecule has 0 aliphatic carbocycles. The zero-order valence-electron chi connectivity index (χ0n) is 68.7. The van der Waals surface area contributed by atoms with Gasteiger partial charge in [0, 0.05) is 25.7 Å². The van der Waals surface area contributed by atoms with Crippen molar-refractivity contribution in [3.63, 3.8) is 0 Å². The summed E-state index contributed by atoms with van der Waals surface area (Å²) < 4.78 is 68.9. The number of hydrogen-bond donors (Lipinski definition) is 3. The first-order chi connectivity index (χ1) is 51.2. The minimum absolute atomic E-state index is 0.109. The maximum absolute atomic E-state index is 13.1. The van der Waals surface area contributed by atoms with Crippen molar-refractivity contribution in [1.82, 2.24) is 0 Å². The van der Waals surface area contributed by atoms with Crippen molar-refractivity contribution in [2.75, 3.05) is 39.6 Å². The Morgan fingerprint density at radius 3 is 0.562 bits per heavy atom. The number of unbranched alkanes of at least 4 members (excludes halogenated alkanes) is 61. The molecule has 0 spiro atoms. The van der Waals surface area contributed by atoms with Crippen molar-refractivity contribution in [3.8, 4) is 0 Å². The fourth-order valence-electron chi connectivity index (χ4n) is 13.5. The highest BCUT2D eigenvalue weighted by Crippen LogP contribution is 2.45. The van der Waals surface area contributed by atoms with E-state index < -0.39 is 97.5 Å². The van der Waals surface area contributed by atoms with Crippen molar-refractivity contribution in [3.05, 3.63) is 0 Å². The number of phosphoric ester groups is 2. The van der Waals surface area contributed by atoms with Gasteiger partial charge in [0.1, 0.15) is 19.3 Å². The van der Waals surface area contributed by atoms with Crippen LogP contribution >= 0.6 is 15.6 Å². The molecule has 0 amide bonds. The lowest BCUT2D eigenvalue weighted by atomic mass is 10.0. The van der Waals surface area contributed by atoms with Crippen LogP contribution in [0.4, 0.5) is 0 Å². The molecule has 0 radical (unpaired) electrons. The molecular formula is C86H168O17P2. The number of phosphoric acid groups is 2. The molecule has 5 atom stereocenters. The fraction of sp³-hybridized carbons (Fsp3) is 0.953. The SMILES string of the molecule is CCCCCCCCCCCCCCCCCCCCCCCCC(=O)O[C@H](COC(=O)CCCCCCCCCCCCCCCCCCC)COP(=O)(O)OC[C@@H](O)COP(=O)(O)OC[C@@H](COC(=O)CCCCCCCCCCCCC)OC(=O)CCCCCCCCCCCCCCCCC. The standard InChI is InChI=1S/C86H168O17P2/c1-5-9-13-17-21-25-29-32-35-37-38-39-40-41-43-46-49-53-57-61-65-69-73-86(91)103-82(77-97-84(89)71-67-63-59-55-51-47-45-42-36-33-30-26-22-18-14-10-6-2)79-101-105(94,95)99-75-80(87)74-98-104(92,93)100-78-81(76-96-83(88)70-66-62-58-54-50-28-24-20-16-12-8-4)102-85(90)72-68-64-60-56-52-48-44-34-31-27-23-19-15-11-7-3/h80-82,87H,5-79H2,1-4H3,(H,92,93)(H,94,95)/t80-,81+,82+/m0/s1. The molecule has 0 aromatic rings. The van der Waals surface area contributed by atoms with Gasteiger partial charge in [0.15, 0.2) is 12.2 Å². The van der Waals surface area contributed by atoms with Crippen LogP contribution in [0.5, 0.6) is 0 Å². The molecule has 0 heterocycles. The van der Waals surface area contributed by atoms with Gasteiger partial charge in [0.25, 0.3) is 0 Å². The van der Waals surface area contributed by atoms with Crippen LogP contribution in [0.25, 0.3) is 0 Å². The molecule has 0 bridgehead atoms. The molecule has 0 aliphatic rings. The second-order valence-corrected chi connectivity index (χ2v) is 33.8. The minimum Gasteiger partial charge on any atom is -0.462 e. The molecule has 19 heteroatoms. The summed E-state index contributed by atoms with van der Waals surface area (Å²) in [6.45, 7) is 5.06. The Kier molecular flexibility index (Phi) is 78.6. The highest BCUT2D eigenvalue weighted by molar-refractivity contribution is 7.47. The van der Waals surface area contributed by atoms with E-state index >= 15 is 0 Å². The smallest absolute Gasteiger partial charge is 0.462 e. The molecular weight excluding hydrogens is 1370 g/mol. The molecule has 2 unspecified atom stereocenters. The molecule has 0 aromatic heterocycles. The van der Waals surface area contributed by atoms with Crippen molar-refractivity contribution in [2.45, 2.75) is 489 Å². The average molecular weight is 1540 g/mol. The second-order valence-electron chi connectivity index (χ2n) is 30.9. The lowest BCUT2D eigenvalue weighted by Gasteiger charge is -2.21. The lowest BCUT2D eigenvalue weighted by molar-refractivity contribution is -0.161. The Bertz CT molecular complexity index is 1980. The zero-order chi connectivity index (χ0) is 76.7. The fourth-order valence-corrected chi connectivity index (χ4v) is 15.1. The van der Waals surface area contributed by atoms with E-state index in [2.05, 4.69) is 27.7 Å². The summed E-state index contributed by atoms with van der Waals surface area (Å²) in [5.74, 6) is -2.10. The number of hydrogen-bond acceptors (Lipinski definition) is 15. The maximum atomic E-state index is 13.1. The number of carbonyl (C=O) groups excluding carboxylic acids is 4. The van der Waals surface area contributed by atoms with E-state index in [-0.39, 0.29) is 25.7 Å². The van der Waals surface area contributed by atoms with Gasteiger partial charge in [-0.05, 0) is 25.7 Å². The van der Waals surface area contributed by atoms with E-state index in [1.54, 1.807) is 0 Å². The Labute approximate surface area is 645 Å². The van der Waals surface area contributed by atoms with Gasteiger partial charge in [-0.3, -0.25) is 37.3 Å². The molecule has 0 aliphatic heterocycles. The maximum Gasteiger partial charge on any atom is 0.472 e. The van der Waals surface area contributed by atoms with Crippen LogP contribution < -0.4 is 0 Å². The van der Waals surface area contributed by atoms with E-state index in [4.69, 9.17) is 37.0 Å². The van der Waals surface area contributed by atoms with E-state index in [1.807, 2.05) is 0 Å². The normalized spacial score (nSPS) is 13.7. The predicted octanol–water partition coefficient (Wildman–Crippen LogP) is 26.5. The monoisotopic (exact) mass is 1540 g/mol. The third-order valence-corrected chi connectivity index (χ3v) is 22.3. The van der Waals surface area contributed by atoms with Crippen LogP contribution in [-0.2, 0) is 65.4 Å². The first-order valence-corrected chi connectivity index (χ1v) is 47.8. The quantitative estimate of drug-likeness (QED) is 0.0222. The van der Waals surface area contributed by atoms with Crippen molar-refractivity contribution in [1.29, 1.82) is 0 Å². The van der Waals surface area contributed by atoms with Gasteiger partial charge >= 0.3 is 39.5 Å². The Morgan fingerprint density at radius 1 is 0.229 bits per heavy atom. The van der Waals surface area contributed by atoms with Crippen LogP contribution in [0.3, 0.4) is 0 Å². The van der Waals surface area contributed by atoms with Crippen LogP contribution in [0, 0.1) is 0 Å². The summed E-state index contributed by atoms with van der Waals surface area (Å²) in [6, 6.07) is 0. The second kappa shape index (κ2) is 80.1. The molecule has 3 N–H and O–H groups in total. The van der Waals surface area contributed by atoms with Crippen molar-refractivity contribution in [2.24, 2.45) is 0 Å². The number of rotatable bonds is 87. The largest absolute Gasteiger partial charge is 0.472 e. The van der Waals surface area contributed by atoms with Gasteiger partial charge in [-0.15, -0.1) is 0 Å². The topological polar surface area (TPSA) is 237 Å². The number of ether oxygens (including phenoxy) is 4. The van der Waals surface area contributed by atoms with Crippen molar-refractivity contribution < 1.29 is 80.2 Å². The van der Waals surface area contributed by atoms with Crippen LogP contribution in [-0.4, -0.2) is 96.7 Å². The highest BCUT2D eigenvalue weighted by atomic mass is 31.2. The van der Waals surface area contributed by atoms with Gasteiger partial charge in [-0.1, -0.05) is 419 Å². The van der Waals surface area contributed by atoms with Crippen LogP contribution in [0.1, 0.15) is 471 Å². The third kappa shape index (κ3) is 79.9. The third-order valence-electron chi connectivity index (χ3n) is 20.4. The molecule has 0 saturated heterocycles. The molecule has 17 nitrogen and oxygen atoms in total. The molecule has 0 fully saturated rings. The Balaban J connectivity index is 5.22. The first kappa shape index (κ1) is 103. The molecule has 624 valence electrons. The number of aliphatic hydroxyl groups excluding tert-OH is 1. The number of esters is 4. The summed E-state index contributed by atoms with van der Waals surface area (Å²) >= 11 is 0. The number of aliphatic hydroxyl groups is 1. The summed E-state index contributed by atoms with van der Waals surface area (Å²) in [7, 11) is -9.92. The van der Waals surface area contributed by atoms with Crippen LogP contribution in [0.2, 0.25) is 0 Å². The highest BCUT2D eigenvalue weighted by Gasteiger charge is 2.30. The first-order valence-electron chi connectivity index (χ1n) is 44.8. The predicted molar refractivity (Wildman–Crippen MR) is 432 cm³/mol. The van der Waals surface area contributed by atoms with Gasteiger partial charge in [0.05, 0.1) is 26.4 Å². The van der Waals surface area contributed by atoms with Crippen LogP contribution in [0.15, 0.2) is 0 Å². The minimum atomic E-state index is -4.96. The van der Waals surface area contributed by atoms with E-state index in [0.29, 0.717) is 25.7 Å². The summed E-state index contributed by atoms with van der Waals surface area (Å²) in [6.07, 6.45) is 75.0. The summed E-state index contributed by atoms with van der Waals surface area (Å²) in [5.41, 5.74) is 0.